The number of Topliss-reactive ketones (excluding diaryl/α,β-unsaturated/α-hetero) is 6. The lowest BCUT2D eigenvalue weighted by atomic mass is 9.71. The molecule has 10 heteroatoms. The number of hydrogen-bond donors (Lipinski definition) is 2. The Kier molecular flexibility index (Phi) is 9.57. The minimum absolute atomic E-state index is 0.161. The SMILES string of the molecule is CC(C)=CCCC1(C)C=Cc2c(ccc3c2C(=O)C(O)=C(C2=C(C4=C(O)C(=O)c5c(ccc6c5C=CC(C)(CCC=C(C)C)O6)C4=O)C(=O)c4ccccc4C2=O)C3=O)O1. The Hall–Kier alpha value is -6.94. The molecule has 8 rings (SSSR count). The number of ketones is 6. The number of benzene rings is 3. The molecule has 0 spiro atoms. The van der Waals surface area contributed by atoms with Crippen molar-refractivity contribution in [3.63, 3.8) is 0 Å². The fourth-order valence-corrected chi connectivity index (χ4v) is 8.50. The molecule has 0 bridgehead atoms. The van der Waals surface area contributed by atoms with E-state index in [2.05, 4.69) is 12.2 Å². The van der Waals surface area contributed by atoms with Crippen LogP contribution in [-0.4, -0.2) is 56.1 Å². The van der Waals surface area contributed by atoms with E-state index in [1.807, 2.05) is 41.5 Å². The van der Waals surface area contributed by atoms with E-state index in [-0.39, 0.29) is 44.5 Å². The molecule has 2 N–H and O–H groups in total. The first-order valence-electron chi connectivity index (χ1n) is 19.8. The Bertz CT molecular complexity index is 2600. The van der Waals surface area contributed by atoms with E-state index in [0.717, 1.165) is 24.0 Å². The summed E-state index contributed by atoms with van der Waals surface area (Å²) in [5, 5.41) is 23.5. The van der Waals surface area contributed by atoms with Gasteiger partial charge < -0.3 is 19.7 Å². The summed E-state index contributed by atoms with van der Waals surface area (Å²) in [4.78, 5) is 86.9. The van der Waals surface area contributed by atoms with E-state index in [4.69, 9.17) is 9.47 Å². The fraction of sp³-hybridized carbons (Fsp3) is 0.240. The Labute approximate surface area is 346 Å². The third-order valence-electron chi connectivity index (χ3n) is 11.6. The summed E-state index contributed by atoms with van der Waals surface area (Å²) in [7, 11) is 0. The van der Waals surface area contributed by atoms with Crippen molar-refractivity contribution in [2.24, 2.45) is 0 Å². The van der Waals surface area contributed by atoms with Crippen LogP contribution in [0.15, 0.2) is 118 Å². The average Bonchev–Trinajstić information content (AvgIpc) is 3.20. The van der Waals surface area contributed by atoms with Crippen molar-refractivity contribution < 1.29 is 48.5 Å². The largest absolute Gasteiger partial charge is 0.504 e. The van der Waals surface area contributed by atoms with Crippen LogP contribution in [0.4, 0.5) is 0 Å². The number of aliphatic hydroxyl groups is 2. The van der Waals surface area contributed by atoms with Gasteiger partial charge in [0.05, 0.1) is 11.1 Å². The molecule has 5 aliphatic rings. The first-order valence-corrected chi connectivity index (χ1v) is 19.8. The van der Waals surface area contributed by atoms with Gasteiger partial charge in [0.1, 0.15) is 22.7 Å². The molecule has 3 aliphatic carbocycles. The molecule has 0 radical (unpaired) electrons. The summed E-state index contributed by atoms with van der Waals surface area (Å²) in [6.07, 6.45) is 13.8. The predicted molar refractivity (Wildman–Crippen MR) is 225 cm³/mol. The molecule has 2 heterocycles. The Morgan fingerprint density at radius 1 is 0.517 bits per heavy atom. The minimum atomic E-state index is -1.14. The van der Waals surface area contributed by atoms with Gasteiger partial charge in [-0.15, -0.1) is 0 Å². The van der Waals surface area contributed by atoms with Crippen LogP contribution in [0.3, 0.4) is 0 Å². The van der Waals surface area contributed by atoms with Gasteiger partial charge in [0.2, 0.25) is 11.6 Å². The summed E-state index contributed by atoms with van der Waals surface area (Å²) in [6, 6.07) is 11.4. The zero-order chi connectivity index (χ0) is 43.0. The van der Waals surface area contributed by atoms with Crippen LogP contribution < -0.4 is 9.47 Å². The second kappa shape index (κ2) is 14.4. The molecule has 3 aromatic rings. The van der Waals surface area contributed by atoms with Crippen LogP contribution in [0.25, 0.3) is 12.2 Å². The van der Waals surface area contributed by atoms with Gasteiger partial charge in [-0.25, -0.2) is 0 Å². The van der Waals surface area contributed by atoms with E-state index in [9.17, 15) is 39.0 Å². The molecule has 0 amide bonds. The minimum Gasteiger partial charge on any atom is -0.504 e. The number of aliphatic hydroxyl groups excluding tert-OH is 2. The first kappa shape index (κ1) is 39.9. The molecule has 2 atom stereocenters. The highest BCUT2D eigenvalue weighted by molar-refractivity contribution is 6.41. The van der Waals surface area contributed by atoms with Gasteiger partial charge >= 0.3 is 0 Å². The van der Waals surface area contributed by atoms with Gasteiger partial charge in [-0.3, -0.25) is 28.8 Å². The molecule has 10 nitrogen and oxygen atoms in total. The van der Waals surface area contributed by atoms with Gasteiger partial charge in [-0.1, -0.05) is 59.7 Å². The van der Waals surface area contributed by atoms with E-state index in [1.54, 1.807) is 24.3 Å². The summed E-state index contributed by atoms with van der Waals surface area (Å²) in [6.45, 7) is 11.8. The van der Waals surface area contributed by atoms with Crippen LogP contribution in [0, 0.1) is 0 Å². The van der Waals surface area contributed by atoms with Crippen molar-refractivity contribution in [1.82, 2.24) is 0 Å². The third kappa shape index (κ3) is 6.34. The Morgan fingerprint density at radius 2 is 0.883 bits per heavy atom. The summed E-state index contributed by atoms with van der Waals surface area (Å²) < 4.78 is 12.6. The highest BCUT2D eigenvalue weighted by Gasteiger charge is 2.48. The number of carbonyl (C=O) groups is 6. The maximum atomic E-state index is 14.6. The van der Waals surface area contributed by atoms with Crippen molar-refractivity contribution in [1.29, 1.82) is 0 Å². The molecule has 302 valence electrons. The first-order chi connectivity index (χ1) is 28.4. The molecule has 3 aromatic carbocycles. The normalized spacial score (nSPS) is 21.5. The standard InChI is InChI=1S/C50H42O10/c1-25(2)11-9-21-49(5)23-19-29-33(59-49)17-15-31-35(29)45(55)47(57)39(43(31)53)37-38(42(52)28-14-8-7-13-27(28)41(37)51)40-44(54)32-16-18-34-30(36(32)46(56)48(40)58)20-24-50(6,60-34)22-10-12-26(3)4/h7-8,11-20,23-24,57-58H,9-10,21-22H2,1-6H3. The monoisotopic (exact) mass is 802 g/mol. The molecule has 2 unspecified atom stereocenters. The maximum Gasteiger partial charge on any atom is 0.229 e. The zero-order valence-corrected chi connectivity index (χ0v) is 34.1. The van der Waals surface area contributed by atoms with Crippen LogP contribution >= 0.6 is 0 Å². The molecule has 0 fully saturated rings. The van der Waals surface area contributed by atoms with Crippen LogP contribution in [0.2, 0.25) is 0 Å². The van der Waals surface area contributed by atoms with Crippen molar-refractivity contribution in [2.45, 2.75) is 78.4 Å². The Morgan fingerprint density at radius 3 is 1.25 bits per heavy atom. The van der Waals surface area contributed by atoms with Crippen LogP contribution in [0.5, 0.6) is 11.5 Å². The number of rotatable bonds is 8. The molecular weight excluding hydrogens is 761 g/mol. The lowest BCUT2D eigenvalue weighted by Crippen LogP contribution is -2.35. The fourth-order valence-electron chi connectivity index (χ4n) is 8.50. The van der Waals surface area contributed by atoms with Gasteiger partial charge in [-0.2, -0.15) is 0 Å². The lowest BCUT2D eigenvalue weighted by molar-refractivity contribution is 0.0910. The number of allylic oxidation sites excluding steroid dienone is 10. The number of ether oxygens (including phenoxy) is 2. The molecule has 0 saturated heterocycles. The van der Waals surface area contributed by atoms with Crippen molar-refractivity contribution in [2.75, 3.05) is 0 Å². The molecule has 60 heavy (non-hydrogen) atoms. The summed E-state index contributed by atoms with van der Waals surface area (Å²) in [5.74, 6) is -7.63. The average molecular weight is 803 g/mol. The lowest BCUT2D eigenvalue weighted by Gasteiger charge is -2.34. The third-order valence-corrected chi connectivity index (χ3v) is 11.6. The summed E-state index contributed by atoms with van der Waals surface area (Å²) >= 11 is 0. The van der Waals surface area contributed by atoms with E-state index in [1.165, 1.54) is 48.5 Å². The van der Waals surface area contributed by atoms with Crippen LogP contribution in [-0.2, 0) is 0 Å². The highest BCUT2D eigenvalue weighted by Crippen LogP contribution is 2.46. The highest BCUT2D eigenvalue weighted by atomic mass is 16.5. The van der Waals surface area contributed by atoms with Gasteiger partial charge in [0.15, 0.2) is 34.7 Å². The quantitative estimate of drug-likeness (QED) is 0.210. The van der Waals surface area contributed by atoms with Gasteiger partial charge in [0.25, 0.3) is 0 Å². The van der Waals surface area contributed by atoms with Gasteiger partial charge in [-0.05, 0) is 104 Å². The van der Waals surface area contributed by atoms with E-state index < -0.39 is 79.7 Å². The molecule has 0 aromatic heterocycles. The maximum absolute atomic E-state index is 14.6. The zero-order valence-electron chi connectivity index (χ0n) is 34.1. The van der Waals surface area contributed by atoms with Gasteiger partial charge in [0, 0.05) is 55.7 Å². The molecular formula is C50H42O10. The van der Waals surface area contributed by atoms with E-state index in [0.29, 0.717) is 24.3 Å². The summed E-state index contributed by atoms with van der Waals surface area (Å²) in [5.41, 5.74) is -2.88. The number of hydrogen-bond acceptors (Lipinski definition) is 10. The molecule has 0 saturated carbocycles. The van der Waals surface area contributed by atoms with Crippen LogP contribution in [0.1, 0.15) is 141 Å². The smallest absolute Gasteiger partial charge is 0.229 e. The Balaban J connectivity index is 1.25. The second-order valence-corrected chi connectivity index (χ2v) is 16.7. The van der Waals surface area contributed by atoms with Crippen molar-refractivity contribution in [3.05, 3.63) is 162 Å². The molecule has 2 aliphatic heterocycles. The van der Waals surface area contributed by atoms with Crippen molar-refractivity contribution >= 4 is 46.9 Å². The second-order valence-electron chi connectivity index (χ2n) is 16.7. The van der Waals surface area contributed by atoms with Crippen molar-refractivity contribution in [3.8, 4) is 11.5 Å². The topological polar surface area (TPSA) is 161 Å². The number of fused-ring (bicyclic) bond motifs is 7. The predicted octanol–water partition coefficient (Wildman–Crippen LogP) is 9.97. The van der Waals surface area contributed by atoms with E-state index >= 15 is 0 Å². The number of carbonyl (C=O) groups excluding carboxylic acids is 6.